The van der Waals surface area contributed by atoms with E-state index in [1.165, 1.54) is 6.33 Å². The van der Waals surface area contributed by atoms with Gasteiger partial charge in [0.1, 0.15) is 6.33 Å². The maximum Gasteiger partial charge on any atom is 0.288 e. The fraction of sp³-hybridized carbons (Fsp3) is 0.692. The van der Waals surface area contributed by atoms with Crippen LogP contribution in [0.4, 0.5) is 0 Å². The average Bonchev–Trinajstić information content (AvgIpc) is 3.00. The number of carbonyl (C=O) groups is 2. The Morgan fingerprint density at radius 1 is 1.43 bits per heavy atom. The van der Waals surface area contributed by atoms with Gasteiger partial charge < -0.3 is 16.0 Å². The van der Waals surface area contributed by atoms with Gasteiger partial charge in [-0.3, -0.25) is 14.7 Å². The summed E-state index contributed by atoms with van der Waals surface area (Å²) in [6.45, 7) is 5.05. The highest BCUT2D eigenvalue weighted by Gasteiger charge is 2.28. The molecular weight excluding hydrogens is 272 g/mol. The van der Waals surface area contributed by atoms with Gasteiger partial charge in [0.2, 0.25) is 11.7 Å². The van der Waals surface area contributed by atoms with E-state index in [4.69, 9.17) is 5.73 Å². The number of rotatable bonds is 4. The fourth-order valence-corrected chi connectivity index (χ4v) is 2.62. The molecule has 1 unspecified atom stereocenters. The fourth-order valence-electron chi connectivity index (χ4n) is 2.62. The van der Waals surface area contributed by atoms with Gasteiger partial charge in [-0.2, -0.15) is 5.10 Å². The maximum absolute atomic E-state index is 11.9. The summed E-state index contributed by atoms with van der Waals surface area (Å²) in [6.07, 6.45) is 3.02. The monoisotopic (exact) mass is 294 g/mol. The number of nitrogens with two attached hydrogens (primary N) is 1. The average molecular weight is 294 g/mol. The lowest BCUT2D eigenvalue weighted by atomic mass is 9.90. The lowest BCUT2D eigenvalue weighted by molar-refractivity contribution is -0.133. The molecule has 0 saturated carbocycles. The molecule has 1 aromatic heterocycles. The topological polar surface area (TPSA) is 117 Å². The number of H-pyrrole nitrogens is 1. The summed E-state index contributed by atoms with van der Waals surface area (Å²) in [5.74, 6) is 0.293. The zero-order chi connectivity index (χ0) is 15.4. The van der Waals surface area contributed by atoms with E-state index < -0.39 is 6.04 Å². The van der Waals surface area contributed by atoms with E-state index in [1.807, 2.05) is 6.92 Å². The first-order valence-corrected chi connectivity index (χ1v) is 7.19. The molecule has 0 radical (unpaired) electrons. The largest absolute Gasteiger partial charge is 0.347 e. The van der Waals surface area contributed by atoms with Gasteiger partial charge >= 0.3 is 0 Å². The Hall–Kier alpha value is -1.96. The van der Waals surface area contributed by atoms with E-state index in [9.17, 15) is 9.59 Å². The van der Waals surface area contributed by atoms with Gasteiger partial charge in [-0.15, -0.1) is 0 Å². The summed E-state index contributed by atoms with van der Waals surface area (Å²) in [6, 6.07) is -0.430. The molecule has 0 bridgehead atoms. The third-order valence-electron chi connectivity index (χ3n) is 3.94. The highest BCUT2D eigenvalue weighted by molar-refractivity contribution is 5.90. The molecule has 1 fully saturated rings. The number of nitrogens with one attached hydrogen (secondary N) is 2. The number of carbonyl (C=O) groups excluding carboxylic acids is 2. The van der Waals surface area contributed by atoms with Crippen molar-refractivity contribution in [2.24, 2.45) is 11.7 Å². The summed E-state index contributed by atoms with van der Waals surface area (Å²) >= 11 is 0. The highest BCUT2D eigenvalue weighted by atomic mass is 16.2. The van der Waals surface area contributed by atoms with Crippen LogP contribution < -0.4 is 11.1 Å². The normalized spacial score (nSPS) is 19.1. The summed E-state index contributed by atoms with van der Waals surface area (Å²) in [7, 11) is 0. The zero-order valence-corrected chi connectivity index (χ0v) is 12.4. The van der Waals surface area contributed by atoms with Crippen molar-refractivity contribution in [2.45, 2.75) is 38.8 Å². The molecule has 116 valence electrons. The van der Waals surface area contributed by atoms with Crippen molar-refractivity contribution in [3.8, 4) is 0 Å². The first-order valence-electron chi connectivity index (χ1n) is 7.19. The molecule has 4 N–H and O–H groups in total. The number of amides is 2. The first-order chi connectivity index (χ1) is 9.99. The SMILES string of the molecule is CC(NC(=O)c1ncn[nH]1)C1CCN(C(=O)[C@H](C)N)CC1. The summed E-state index contributed by atoms with van der Waals surface area (Å²) in [5, 5.41) is 9.11. The Kier molecular flexibility index (Phi) is 4.89. The van der Waals surface area contributed by atoms with Crippen molar-refractivity contribution in [2.75, 3.05) is 13.1 Å². The van der Waals surface area contributed by atoms with Crippen molar-refractivity contribution in [1.82, 2.24) is 25.4 Å². The van der Waals surface area contributed by atoms with E-state index in [1.54, 1.807) is 11.8 Å². The molecule has 2 amide bonds. The van der Waals surface area contributed by atoms with E-state index >= 15 is 0 Å². The van der Waals surface area contributed by atoms with Gasteiger partial charge in [-0.25, -0.2) is 4.98 Å². The van der Waals surface area contributed by atoms with Crippen molar-refractivity contribution >= 4 is 11.8 Å². The Morgan fingerprint density at radius 3 is 2.62 bits per heavy atom. The molecular formula is C13H22N6O2. The van der Waals surface area contributed by atoms with Gasteiger partial charge in [-0.05, 0) is 32.6 Å². The first kappa shape index (κ1) is 15.4. The van der Waals surface area contributed by atoms with Crippen molar-refractivity contribution in [3.05, 3.63) is 12.2 Å². The number of hydrogen-bond donors (Lipinski definition) is 3. The molecule has 8 nitrogen and oxygen atoms in total. The predicted molar refractivity (Wildman–Crippen MR) is 76.3 cm³/mol. The molecule has 0 spiro atoms. The van der Waals surface area contributed by atoms with E-state index in [2.05, 4.69) is 20.5 Å². The van der Waals surface area contributed by atoms with Crippen LogP contribution in [-0.4, -0.2) is 57.1 Å². The van der Waals surface area contributed by atoms with Crippen LogP contribution in [0.5, 0.6) is 0 Å². The van der Waals surface area contributed by atoms with Crippen LogP contribution in [0.2, 0.25) is 0 Å². The lowest BCUT2D eigenvalue weighted by Crippen LogP contribution is -2.49. The molecule has 2 heterocycles. The van der Waals surface area contributed by atoms with Gasteiger partial charge in [0.05, 0.1) is 6.04 Å². The second-order valence-corrected chi connectivity index (χ2v) is 5.55. The Labute approximate surface area is 123 Å². The van der Waals surface area contributed by atoms with Crippen LogP contribution in [0.1, 0.15) is 37.3 Å². The standard InChI is InChI=1S/C13H22N6O2/c1-8(14)13(21)19-5-3-10(4-6-19)9(2)17-12(20)11-15-7-16-18-11/h7-10H,3-6,14H2,1-2H3,(H,17,20)(H,15,16,18)/t8-,9?/m0/s1. The second-order valence-electron chi connectivity index (χ2n) is 5.55. The molecule has 2 atom stereocenters. The Bertz CT molecular complexity index is 479. The van der Waals surface area contributed by atoms with Gasteiger partial charge in [0, 0.05) is 19.1 Å². The molecule has 1 saturated heterocycles. The van der Waals surface area contributed by atoms with E-state index in [0.29, 0.717) is 19.0 Å². The maximum atomic E-state index is 11.9. The number of piperidine rings is 1. The summed E-state index contributed by atoms with van der Waals surface area (Å²) < 4.78 is 0. The van der Waals surface area contributed by atoms with Gasteiger partial charge in [0.25, 0.3) is 5.91 Å². The molecule has 0 aromatic carbocycles. The molecule has 21 heavy (non-hydrogen) atoms. The second kappa shape index (κ2) is 6.66. The third-order valence-corrected chi connectivity index (χ3v) is 3.94. The highest BCUT2D eigenvalue weighted by Crippen LogP contribution is 2.21. The van der Waals surface area contributed by atoms with Crippen molar-refractivity contribution in [1.29, 1.82) is 0 Å². The third kappa shape index (κ3) is 3.78. The molecule has 1 aliphatic heterocycles. The van der Waals surface area contributed by atoms with Crippen molar-refractivity contribution in [3.63, 3.8) is 0 Å². The summed E-state index contributed by atoms with van der Waals surface area (Å²) in [5.41, 5.74) is 5.62. The number of aromatic amines is 1. The quantitative estimate of drug-likeness (QED) is 0.692. The minimum Gasteiger partial charge on any atom is -0.347 e. The molecule has 0 aliphatic carbocycles. The minimum absolute atomic E-state index is 0.00759. The molecule has 8 heteroatoms. The van der Waals surface area contributed by atoms with Crippen LogP contribution in [0, 0.1) is 5.92 Å². The lowest BCUT2D eigenvalue weighted by Gasteiger charge is -2.35. The number of likely N-dealkylation sites (tertiary alicyclic amines) is 1. The van der Waals surface area contributed by atoms with Gasteiger partial charge in [-0.1, -0.05) is 0 Å². The predicted octanol–water partition coefficient (Wildman–Crippen LogP) is -0.491. The Morgan fingerprint density at radius 2 is 2.10 bits per heavy atom. The molecule has 2 rings (SSSR count). The van der Waals surface area contributed by atoms with Crippen LogP contribution in [0.3, 0.4) is 0 Å². The minimum atomic E-state index is -0.454. The van der Waals surface area contributed by atoms with Crippen LogP contribution in [-0.2, 0) is 4.79 Å². The van der Waals surface area contributed by atoms with Crippen molar-refractivity contribution < 1.29 is 9.59 Å². The molecule has 1 aromatic rings. The Balaban J connectivity index is 1.82. The van der Waals surface area contributed by atoms with E-state index in [-0.39, 0.29) is 23.7 Å². The van der Waals surface area contributed by atoms with Crippen LogP contribution in [0.25, 0.3) is 0 Å². The smallest absolute Gasteiger partial charge is 0.288 e. The number of hydrogen-bond acceptors (Lipinski definition) is 5. The van der Waals surface area contributed by atoms with Crippen LogP contribution >= 0.6 is 0 Å². The summed E-state index contributed by atoms with van der Waals surface area (Å²) in [4.78, 5) is 29.3. The van der Waals surface area contributed by atoms with Gasteiger partial charge in [0.15, 0.2) is 0 Å². The number of nitrogens with zero attached hydrogens (tertiary/aromatic N) is 3. The van der Waals surface area contributed by atoms with E-state index in [0.717, 1.165) is 12.8 Å². The molecule has 1 aliphatic rings. The zero-order valence-electron chi connectivity index (χ0n) is 12.4. The number of aromatic nitrogens is 3. The van der Waals surface area contributed by atoms with Crippen LogP contribution in [0.15, 0.2) is 6.33 Å².